The molecule has 1 saturated heterocycles. The van der Waals surface area contributed by atoms with Gasteiger partial charge in [0, 0.05) is 30.6 Å². The summed E-state index contributed by atoms with van der Waals surface area (Å²) in [5.74, 6) is -0.483. The third-order valence-corrected chi connectivity index (χ3v) is 4.43. The number of hydrogen-bond donors (Lipinski definition) is 1. The summed E-state index contributed by atoms with van der Waals surface area (Å²) in [6.07, 6.45) is 0. The molecule has 0 radical (unpaired) electrons. The maximum absolute atomic E-state index is 13.7. The first kappa shape index (κ1) is 14.2. The molecule has 5 heteroatoms. The summed E-state index contributed by atoms with van der Waals surface area (Å²) >= 11 is 1.89. The van der Waals surface area contributed by atoms with Crippen molar-refractivity contribution in [3.05, 3.63) is 29.6 Å². The van der Waals surface area contributed by atoms with Crippen molar-refractivity contribution in [3.8, 4) is 0 Å². The molecule has 1 amide bonds. The molecule has 1 N–H and O–H groups in total. The number of rotatable bonds is 2. The third-order valence-electron chi connectivity index (χ3n) is 3.20. The van der Waals surface area contributed by atoms with Gasteiger partial charge < -0.3 is 10.2 Å². The van der Waals surface area contributed by atoms with Crippen molar-refractivity contribution < 1.29 is 9.18 Å². The average Bonchev–Trinajstić information content (AvgIpc) is 2.36. The van der Waals surface area contributed by atoms with E-state index in [-0.39, 0.29) is 17.4 Å². The van der Waals surface area contributed by atoms with Crippen LogP contribution in [0.3, 0.4) is 0 Å². The van der Waals surface area contributed by atoms with Crippen LogP contribution >= 0.6 is 11.8 Å². The monoisotopic (exact) mass is 282 g/mol. The lowest BCUT2D eigenvalue weighted by molar-refractivity contribution is 0.0754. The Hall–Kier alpha value is -1.23. The second-order valence-electron chi connectivity index (χ2n) is 4.88. The standard InChI is InChI=1S/C14H19FN2OS/c1-9-7-17(8-10(2)19-9)14(18)11-5-4-6-12(15)13(11)16-3/h4-6,9-10,16H,7-8H2,1-3H3. The number of thioether (sulfide) groups is 1. The molecule has 1 aromatic carbocycles. The van der Waals surface area contributed by atoms with Gasteiger partial charge in [0.15, 0.2) is 0 Å². The summed E-state index contributed by atoms with van der Waals surface area (Å²) in [6, 6.07) is 4.61. The van der Waals surface area contributed by atoms with Gasteiger partial charge in [0.1, 0.15) is 5.82 Å². The number of benzene rings is 1. The van der Waals surface area contributed by atoms with Gasteiger partial charge in [-0.3, -0.25) is 4.79 Å². The van der Waals surface area contributed by atoms with Gasteiger partial charge in [-0.2, -0.15) is 11.8 Å². The minimum atomic E-state index is -0.388. The van der Waals surface area contributed by atoms with Gasteiger partial charge in [-0.25, -0.2) is 4.39 Å². The molecule has 19 heavy (non-hydrogen) atoms. The molecule has 2 unspecified atom stereocenters. The fourth-order valence-electron chi connectivity index (χ4n) is 2.47. The van der Waals surface area contributed by atoms with E-state index in [1.54, 1.807) is 19.2 Å². The third kappa shape index (κ3) is 3.03. The number of nitrogens with zero attached hydrogens (tertiary/aromatic N) is 1. The van der Waals surface area contributed by atoms with Crippen LogP contribution in [-0.4, -0.2) is 41.4 Å². The molecule has 0 bridgehead atoms. The summed E-state index contributed by atoms with van der Waals surface area (Å²) in [6.45, 7) is 5.66. The molecule has 3 nitrogen and oxygen atoms in total. The molecule has 0 aliphatic carbocycles. The molecule has 104 valence electrons. The van der Waals surface area contributed by atoms with E-state index in [2.05, 4.69) is 19.2 Å². The van der Waals surface area contributed by atoms with E-state index >= 15 is 0 Å². The van der Waals surface area contributed by atoms with Gasteiger partial charge >= 0.3 is 0 Å². The second kappa shape index (κ2) is 5.82. The quantitative estimate of drug-likeness (QED) is 0.905. The van der Waals surface area contributed by atoms with Gasteiger partial charge in [0.25, 0.3) is 5.91 Å². The maximum Gasteiger partial charge on any atom is 0.256 e. The number of amides is 1. The number of halogens is 1. The molecule has 2 rings (SSSR count). The molecular formula is C14H19FN2OS. The molecule has 0 spiro atoms. The Kier molecular flexibility index (Phi) is 4.34. The minimum Gasteiger partial charge on any atom is -0.385 e. The lowest BCUT2D eigenvalue weighted by Gasteiger charge is -2.35. The zero-order chi connectivity index (χ0) is 14.0. The zero-order valence-electron chi connectivity index (χ0n) is 11.4. The van der Waals surface area contributed by atoms with Crippen LogP contribution in [0, 0.1) is 5.82 Å². The number of para-hydroxylation sites is 1. The van der Waals surface area contributed by atoms with Gasteiger partial charge in [-0.15, -0.1) is 0 Å². The predicted molar refractivity (Wildman–Crippen MR) is 78.4 cm³/mol. The normalized spacial score (nSPS) is 23.3. The van der Waals surface area contributed by atoms with Crippen molar-refractivity contribution in [1.29, 1.82) is 0 Å². The number of nitrogens with one attached hydrogen (secondary N) is 1. The van der Waals surface area contributed by atoms with Crippen LogP contribution in [0.5, 0.6) is 0 Å². The Morgan fingerprint density at radius 1 is 1.37 bits per heavy atom. The van der Waals surface area contributed by atoms with Crippen molar-refractivity contribution in [2.75, 3.05) is 25.5 Å². The summed E-state index contributed by atoms with van der Waals surface area (Å²) < 4.78 is 13.7. The van der Waals surface area contributed by atoms with Crippen LogP contribution in [0.25, 0.3) is 0 Å². The van der Waals surface area contributed by atoms with Crippen LogP contribution in [0.2, 0.25) is 0 Å². The van der Waals surface area contributed by atoms with E-state index in [0.717, 1.165) is 0 Å². The molecule has 2 atom stereocenters. The first-order chi connectivity index (χ1) is 9.02. The Bertz CT molecular complexity index is 471. The number of carbonyl (C=O) groups excluding carboxylic acids is 1. The zero-order valence-corrected chi connectivity index (χ0v) is 12.3. The van der Waals surface area contributed by atoms with Crippen LogP contribution in [-0.2, 0) is 0 Å². The first-order valence-corrected chi connectivity index (χ1v) is 7.38. The van der Waals surface area contributed by atoms with Crippen LogP contribution in [0.4, 0.5) is 10.1 Å². The minimum absolute atomic E-state index is 0.0946. The Balaban J connectivity index is 2.26. The van der Waals surface area contributed by atoms with Crippen molar-refractivity contribution in [2.24, 2.45) is 0 Å². The van der Waals surface area contributed by atoms with Gasteiger partial charge in [0.2, 0.25) is 0 Å². The van der Waals surface area contributed by atoms with Crippen molar-refractivity contribution in [1.82, 2.24) is 4.90 Å². The highest BCUT2D eigenvalue weighted by atomic mass is 32.2. The molecule has 1 aliphatic heterocycles. The Morgan fingerprint density at radius 3 is 2.58 bits per heavy atom. The van der Waals surface area contributed by atoms with Gasteiger partial charge in [-0.05, 0) is 12.1 Å². The lowest BCUT2D eigenvalue weighted by Crippen LogP contribution is -2.44. The lowest BCUT2D eigenvalue weighted by atomic mass is 10.1. The van der Waals surface area contributed by atoms with Crippen molar-refractivity contribution in [2.45, 2.75) is 24.3 Å². The highest BCUT2D eigenvalue weighted by Crippen LogP contribution is 2.27. The van der Waals surface area contributed by atoms with E-state index in [1.807, 2.05) is 16.7 Å². The summed E-state index contributed by atoms with van der Waals surface area (Å²) in [5.41, 5.74) is 0.694. The average molecular weight is 282 g/mol. The van der Waals surface area contributed by atoms with Crippen LogP contribution in [0.15, 0.2) is 18.2 Å². The Labute approximate surface area is 117 Å². The van der Waals surface area contributed by atoms with E-state index in [9.17, 15) is 9.18 Å². The fourth-order valence-corrected chi connectivity index (χ4v) is 3.80. The highest BCUT2D eigenvalue weighted by molar-refractivity contribution is 8.00. The van der Waals surface area contributed by atoms with E-state index < -0.39 is 0 Å². The fraction of sp³-hybridized carbons (Fsp3) is 0.500. The smallest absolute Gasteiger partial charge is 0.256 e. The van der Waals surface area contributed by atoms with Gasteiger partial charge in [0.05, 0.1) is 11.3 Å². The first-order valence-electron chi connectivity index (χ1n) is 6.44. The van der Waals surface area contributed by atoms with E-state index in [0.29, 0.717) is 29.2 Å². The number of anilines is 1. The van der Waals surface area contributed by atoms with Crippen molar-refractivity contribution in [3.63, 3.8) is 0 Å². The predicted octanol–water partition coefficient (Wildman–Crippen LogP) is 2.83. The summed E-state index contributed by atoms with van der Waals surface area (Å²) in [7, 11) is 1.63. The second-order valence-corrected chi connectivity index (χ2v) is 6.76. The molecule has 0 aromatic heterocycles. The van der Waals surface area contributed by atoms with Crippen LogP contribution in [0.1, 0.15) is 24.2 Å². The summed E-state index contributed by atoms with van der Waals surface area (Å²) in [5, 5.41) is 3.61. The Morgan fingerprint density at radius 2 is 2.00 bits per heavy atom. The maximum atomic E-state index is 13.7. The van der Waals surface area contributed by atoms with Crippen molar-refractivity contribution >= 4 is 23.4 Å². The topological polar surface area (TPSA) is 32.3 Å². The van der Waals surface area contributed by atoms with E-state index in [1.165, 1.54) is 6.07 Å². The van der Waals surface area contributed by atoms with E-state index in [4.69, 9.17) is 0 Å². The molecular weight excluding hydrogens is 263 g/mol. The molecule has 0 saturated carbocycles. The van der Waals surface area contributed by atoms with Gasteiger partial charge in [-0.1, -0.05) is 19.9 Å². The number of carbonyl (C=O) groups is 1. The summed E-state index contributed by atoms with van der Waals surface area (Å²) in [4.78, 5) is 14.4. The molecule has 1 fully saturated rings. The molecule has 1 aromatic rings. The molecule has 1 aliphatic rings. The largest absolute Gasteiger partial charge is 0.385 e. The number of hydrogen-bond acceptors (Lipinski definition) is 3. The van der Waals surface area contributed by atoms with Crippen LogP contribution < -0.4 is 5.32 Å². The molecule has 1 heterocycles. The SMILES string of the molecule is CNc1c(F)cccc1C(=O)N1CC(C)SC(C)C1. The highest BCUT2D eigenvalue weighted by Gasteiger charge is 2.28.